The number of benzene rings is 1. The summed E-state index contributed by atoms with van der Waals surface area (Å²) in [5, 5.41) is 10.8. The molecule has 4 aliphatic carbocycles. The Morgan fingerprint density at radius 2 is 1.55 bits per heavy atom. The van der Waals surface area contributed by atoms with Gasteiger partial charge in [-0.05, 0) is 109 Å². The predicted molar refractivity (Wildman–Crippen MR) is 189 cm³/mol. The Kier molecular flexibility index (Phi) is 15.4. The van der Waals surface area contributed by atoms with Crippen molar-refractivity contribution in [2.75, 3.05) is 7.11 Å². The van der Waals surface area contributed by atoms with Crippen LogP contribution in [0.1, 0.15) is 144 Å². The molecular weight excluding hydrogens is 540 g/mol. The van der Waals surface area contributed by atoms with Gasteiger partial charge in [0.25, 0.3) is 0 Å². The van der Waals surface area contributed by atoms with Gasteiger partial charge in [-0.2, -0.15) is 0 Å². The minimum atomic E-state index is -0.128. The lowest BCUT2D eigenvalue weighted by Gasteiger charge is -2.71. The van der Waals surface area contributed by atoms with Crippen LogP contribution in [0.5, 0.6) is 0 Å². The maximum Gasteiger partial charge on any atom is 0.119 e. The van der Waals surface area contributed by atoms with Gasteiger partial charge in [-0.3, -0.25) is 0 Å². The predicted octanol–water partition coefficient (Wildman–Crippen LogP) is 11.2. The van der Waals surface area contributed by atoms with Crippen LogP contribution in [0.15, 0.2) is 43.0 Å². The van der Waals surface area contributed by atoms with E-state index in [0.29, 0.717) is 28.8 Å². The highest BCUT2D eigenvalue weighted by molar-refractivity contribution is 5.48. The molecule has 4 fully saturated rings. The van der Waals surface area contributed by atoms with Crippen LogP contribution in [0.4, 0.5) is 0 Å². The summed E-state index contributed by atoms with van der Waals surface area (Å²) in [5.41, 5.74) is 2.58. The number of hydrogen-bond donors (Lipinski definition) is 1. The monoisotopic (exact) mass is 611 g/mol. The summed E-state index contributed by atoms with van der Waals surface area (Å²) in [5.74, 6) is 3.23. The zero-order valence-electron chi connectivity index (χ0n) is 30.3. The number of aldehydes is 1. The molecule has 4 aliphatic rings. The smallest absolute Gasteiger partial charge is 0.119 e. The quantitative estimate of drug-likeness (QED) is 0.190. The van der Waals surface area contributed by atoms with Gasteiger partial charge in [0.05, 0.1) is 12.7 Å². The number of unbranched alkanes of at least 4 members (excludes halogenated alkanes) is 2. The third-order valence-corrected chi connectivity index (χ3v) is 13.1. The second kappa shape index (κ2) is 17.5. The van der Waals surface area contributed by atoms with E-state index in [2.05, 4.69) is 41.2 Å². The van der Waals surface area contributed by atoms with Gasteiger partial charge in [0.1, 0.15) is 6.29 Å². The Morgan fingerprint density at radius 3 is 2.16 bits per heavy atom. The summed E-state index contributed by atoms with van der Waals surface area (Å²) in [7, 11) is 1.70. The summed E-state index contributed by atoms with van der Waals surface area (Å²) in [6.45, 7) is 22.7. The minimum absolute atomic E-state index is 0.0553. The Hall–Kier alpha value is -1.45. The zero-order chi connectivity index (χ0) is 33.0. The van der Waals surface area contributed by atoms with E-state index in [1.54, 1.807) is 13.2 Å². The lowest BCUT2D eigenvalue weighted by molar-refractivity contribution is -0.237. The second-order valence-electron chi connectivity index (χ2n) is 15.5. The summed E-state index contributed by atoms with van der Waals surface area (Å²) in [4.78, 5) is 10.7. The van der Waals surface area contributed by atoms with E-state index in [-0.39, 0.29) is 11.5 Å². The van der Waals surface area contributed by atoms with Crippen molar-refractivity contribution in [3.63, 3.8) is 0 Å². The van der Waals surface area contributed by atoms with E-state index >= 15 is 0 Å². The molecule has 0 aromatic heterocycles. The van der Waals surface area contributed by atoms with Crippen molar-refractivity contribution in [1.29, 1.82) is 0 Å². The first-order valence-electron chi connectivity index (χ1n) is 18.2. The topological polar surface area (TPSA) is 46.5 Å². The maximum absolute atomic E-state index is 10.8. The third kappa shape index (κ3) is 8.09. The number of aliphatic hydroxyl groups excluding tert-OH is 1. The highest BCUT2D eigenvalue weighted by Crippen LogP contribution is 2.74. The van der Waals surface area contributed by atoms with Crippen molar-refractivity contribution < 1.29 is 14.6 Å². The minimum Gasteiger partial charge on any atom is -0.393 e. The van der Waals surface area contributed by atoms with Gasteiger partial charge in [-0.25, -0.2) is 0 Å². The SMILES string of the molecule is C=CC.CC.CC1(C)C(O)CCC2(C)C1CCC1(C)C2CCC2C(CCCCC=O)CCC[C@]21C.COCc1ccccc1. The molecule has 0 bridgehead atoms. The van der Waals surface area contributed by atoms with E-state index in [9.17, 15) is 9.90 Å². The van der Waals surface area contributed by atoms with Gasteiger partial charge < -0.3 is 14.6 Å². The Balaban J connectivity index is 0.000000403. The van der Waals surface area contributed by atoms with Crippen LogP contribution < -0.4 is 0 Å². The van der Waals surface area contributed by atoms with Crippen molar-refractivity contribution in [3.05, 3.63) is 48.6 Å². The number of allylic oxidation sites excluding steroid dienone is 1. The van der Waals surface area contributed by atoms with Crippen LogP contribution >= 0.6 is 0 Å². The first-order valence-corrected chi connectivity index (χ1v) is 18.2. The van der Waals surface area contributed by atoms with Gasteiger partial charge in [-0.15, -0.1) is 6.58 Å². The van der Waals surface area contributed by atoms with Crippen molar-refractivity contribution in [1.82, 2.24) is 0 Å². The number of methoxy groups -OCH3 is 1. The number of hydrogen-bond acceptors (Lipinski definition) is 3. The van der Waals surface area contributed by atoms with Crippen LogP contribution in [0, 0.1) is 45.3 Å². The fourth-order valence-corrected chi connectivity index (χ4v) is 10.8. The number of carbonyl (C=O) groups is 1. The molecule has 0 aliphatic heterocycles. The van der Waals surface area contributed by atoms with Crippen LogP contribution in [-0.4, -0.2) is 24.6 Å². The van der Waals surface area contributed by atoms with Crippen LogP contribution in [-0.2, 0) is 16.1 Å². The first-order chi connectivity index (χ1) is 21.0. The van der Waals surface area contributed by atoms with Crippen molar-refractivity contribution in [2.45, 2.75) is 152 Å². The molecule has 5 rings (SSSR count). The molecule has 1 N–H and O–H groups in total. The maximum atomic E-state index is 10.8. The molecule has 252 valence electrons. The lowest BCUT2D eigenvalue weighted by Crippen LogP contribution is -2.65. The molecule has 44 heavy (non-hydrogen) atoms. The zero-order valence-corrected chi connectivity index (χ0v) is 30.3. The number of fused-ring (bicyclic) bond motifs is 5. The van der Waals surface area contributed by atoms with Gasteiger partial charge in [0.15, 0.2) is 0 Å². The highest BCUT2D eigenvalue weighted by atomic mass is 16.5. The number of aliphatic hydroxyl groups is 1. The average Bonchev–Trinajstić information content (AvgIpc) is 3.00. The summed E-state index contributed by atoms with van der Waals surface area (Å²) in [6.07, 6.45) is 19.1. The molecule has 0 radical (unpaired) electrons. The molecular formula is C41H70O3. The van der Waals surface area contributed by atoms with Crippen LogP contribution in [0.25, 0.3) is 0 Å². The average molecular weight is 611 g/mol. The third-order valence-electron chi connectivity index (χ3n) is 13.1. The molecule has 1 aromatic rings. The molecule has 0 heterocycles. The van der Waals surface area contributed by atoms with E-state index in [0.717, 1.165) is 43.3 Å². The van der Waals surface area contributed by atoms with Crippen molar-refractivity contribution in [3.8, 4) is 0 Å². The number of ether oxygens (including phenoxy) is 1. The molecule has 3 heteroatoms. The van der Waals surface area contributed by atoms with Crippen LogP contribution in [0.3, 0.4) is 0 Å². The van der Waals surface area contributed by atoms with Gasteiger partial charge in [-0.1, -0.05) is 111 Å². The van der Waals surface area contributed by atoms with Crippen LogP contribution in [0.2, 0.25) is 0 Å². The van der Waals surface area contributed by atoms with Crippen molar-refractivity contribution in [2.24, 2.45) is 45.3 Å². The number of carbonyl (C=O) groups excluding carboxylic acids is 1. The van der Waals surface area contributed by atoms with Crippen molar-refractivity contribution >= 4 is 6.29 Å². The molecule has 8 atom stereocenters. The Labute approximate surface area is 273 Å². The number of rotatable bonds is 7. The Bertz CT molecular complexity index is 971. The molecule has 0 saturated heterocycles. The van der Waals surface area contributed by atoms with E-state index in [1.165, 1.54) is 69.8 Å². The molecule has 1 aromatic carbocycles. The van der Waals surface area contributed by atoms with Gasteiger partial charge in [0.2, 0.25) is 0 Å². The first kappa shape index (κ1) is 38.7. The fraction of sp³-hybridized carbons (Fsp3) is 0.780. The summed E-state index contributed by atoms with van der Waals surface area (Å²) in [6, 6.07) is 10.1. The summed E-state index contributed by atoms with van der Waals surface area (Å²) >= 11 is 0. The largest absolute Gasteiger partial charge is 0.393 e. The van der Waals surface area contributed by atoms with E-state index in [1.807, 2.05) is 51.1 Å². The second-order valence-corrected chi connectivity index (χ2v) is 15.5. The molecule has 3 nitrogen and oxygen atoms in total. The highest BCUT2D eigenvalue weighted by Gasteiger charge is 2.67. The van der Waals surface area contributed by atoms with E-state index < -0.39 is 0 Å². The van der Waals surface area contributed by atoms with E-state index in [4.69, 9.17) is 4.74 Å². The van der Waals surface area contributed by atoms with Gasteiger partial charge in [0, 0.05) is 13.5 Å². The Morgan fingerprint density at radius 1 is 0.886 bits per heavy atom. The fourth-order valence-electron chi connectivity index (χ4n) is 10.8. The lowest BCUT2D eigenvalue weighted by atomic mass is 9.33. The molecule has 7 unspecified atom stereocenters. The molecule has 0 amide bonds. The normalized spacial score (nSPS) is 36.5. The molecule has 0 spiro atoms. The molecule has 4 saturated carbocycles. The summed E-state index contributed by atoms with van der Waals surface area (Å²) < 4.78 is 4.93. The standard InChI is InChI=1S/C28H48O2.C8H10O.C3H6.C2H6/c1-25(2)22-14-18-28(5)23(26(22,3)17-15-24(25)30)13-12-21-20(10-7-6-8-19-29)11-9-16-27(21,28)4;1-9-7-8-5-3-2-4-6-8;1-3-2;1-2/h19-24,30H,6-18H2,1-5H3;2-6H,7H2,1H3;3H,1H2,2H3;1-2H3/t20?,21?,22?,23?,24?,26?,27-,28?;;;/m1.../s1. The van der Waals surface area contributed by atoms with Gasteiger partial charge >= 0.3 is 0 Å².